The lowest BCUT2D eigenvalue weighted by atomic mass is 10.1. The van der Waals surface area contributed by atoms with Crippen LogP contribution in [0.15, 0.2) is 12.1 Å². The molecule has 0 saturated carbocycles. The summed E-state index contributed by atoms with van der Waals surface area (Å²) in [7, 11) is 0. The lowest BCUT2D eigenvalue weighted by Crippen LogP contribution is -2.11. The molecule has 0 saturated heterocycles. The van der Waals surface area contributed by atoms with Crippen molar-refractivity contribution in [2.45, 2.75) is 25.9 Å². The lowest BCUT2D eigenvalue weighted by molar-refractivity contribution is -0.136. The normalized spacial score (nSPS) is 11.3. The minimum atomic E-state index is -4.29. The highest BCUT2D eigenvalue weighted by Gasteiger charge is 2.26. The number of ether oxygens (including phenoxy) is 2. The minimum absolute atomic E-state index is 0.0935. The van der Waals surface area contributed by atoms with Crippen LogP contribution in [0.1, 0.15) is 30.1 Å². The molecule has 0 unspecified atom stereocenters. The standard InChI is InChI=1S/C13H15F4NO3/c1-2-20-12(19)8-6-11(9(14)7-10(8)18)21-5-3-4-13(15,16)17/h6-7H,2-5,18H2,1H3. The highest BCUT2D eigenvalue weighted by Crippen LogP contribution is 2.26. The quantitative estimate of drug-likeness (QED) is 0.379. The highest BCUT2D eigenvalue weighted by molar-refractivity contribution is 5.95. The first-order chi connectivity index (χ1) is 9.74. The predicted molar refractivity (Wildman–Crippen MR) is 67.6 cm³/mol. The van der Waals surface area contributed by atoms with Gasteiger partial charge < -0.3 is 15.2 Å². The number of rotatable bonds is 6. The van der Waals surface area contributed by atoms with Gasteiger partial charge in [-0.3, -0.25) is 0 Å². The first-order valence-electron chi connectivity index (χ1n) is 6.20. The van der Waals surface area contributed by atoms with E-state index in [9.17, 15) is 22.4 Å². The van der Waals surface area contributed by atoms with Crippen molar-refractivity contribution in [2.75, 3.05) is 18.9 Å². The van der Waals surface area contributed by atoms with Crippen LogP contribution in [0.2, 0.25) is 0 Å². The summed E-state index contributed by atoms with van der Waals surface area (Å²) in [5, 5.41) is 0. The summed E-state index contributed by atoms with van der Waals surface area (Å²) >= 11 is 0. The van der Waals surface area contributed by atoms with Crippen molar-refractivity contribution in [3.63, 3.8) is 0 Å². The molecule has 0 amide bonds. The molecule has 0 aliphatic carbocycles. The van der Waals surface area contributed by atoms with E-state index in [1.165, 1.54) is 0 Å². The molecule has 0 atom stereocenters. The van der Waals surface area contributed by atoms with Crippen LogP contribution in [0.5, 0.6) is 5.75 Å². The van der Waals surface area contributed by atoms with Crippen LogP contribution >= 0.6 is 0 Å². The van der Waals surface area contributed by atoms with E-state index in [-0.39, 0.29) is 36.6 Å². The molecule has 0 bridgehead atoms. The van der Waals surface area contributed by atoms with Gasteiger partial charge in [-0.1, -0.05) is 0 Å². The third kappa shape index (κ3) is 5.49. The van der Waals surface area contributed by atoms with E-state index in [1.807, 2.05) is 0 Å². The number of alkyl halides is 3. The molecule has 0 fully saturated rings. The zero-order valence-corrected chi connectivity index (χ0v) is 11.3. The second-order valence-corrected chi connectivity index (χ2v) is 4.16. The zero-order chi connectivity index (χ0) is 16.0. The van der Waals surface area contributed by atoms with Gasteiger partial charge in [0.15, 0.2) is 11.6 Å². The maximum absolute atomic E-state index is 13.6. The van der Waals surface area contributed by atoms with Crippen LogP contribution in [-0.4, -0.2) is 25.4 Å². The molecule has 4 nitrogen and oxygen atoms in total. The van der Waals surface area contributed by atoms with Gasteiger partial charge >= 0.3 is 12.1 Å². The molecule has 2 N–H and O–H groups in total. The molecule has 0 spiro atoms. The van der Waals surface area contributed by atoms with Crippen LogP contribution in [-0.2, 0) is 4.74 Å². The topological polar surface area (TPSA) is 61.5 Å². The number of halogens is 4. The number of nitrogens with two attached hydrogens (primary N) is 1. The highest BCUT2D eigenvalue weighted by atomic mass is 19.4. The molecule has 1 rings (SSSR count). The van der Waals surface area contributed by atoms with Crippen LogP contribution in [0.3, 0.4) is 0 Å². The molecule has 0 heterocycles. The van der Waals surface area contributed by atoms with E-state index in [4.69, 9.17) is 15.2 Å². The summed E-state index contributed by atoms with van der Waals surface area (Å²) in [4.78, 5) is 11.6. The van der Waals surface area contributed by atoms with Crippen molar-refractivity contribution in [2.24, 2.45) is 0 Å². The molecule has 1 aromatic carbocycles. The number of benzene rings is 1. The molecule has 21 heavy (non-hydrogen) atoms. The summed E-state index contributed by atoms with van der Waals surface area (Å²) in [6, 6.07) is 1.89. The number of hydrogen-bond acceptors (Lipinski definition) is 4. The summed E-state index contributed by atoms with van der Waals surface area (Å²) in [5.74, 6) is -1.95. The predicted octanol–water partition coefficient (Wildman–Crippen LogP) is 3.31. The third-order valence-corrected chi connectivity index (χ3v) is 2.46. The Kier molecular flexibility index (Phi) is 5.80. The monoisotopic (exact) mass is 309 g/mol. The van der Waals surface area contributed by atoms with Crippen molar-refractivity contribution in [1.82, 2.24) is 0 Å². The summed E-state index contributed by atoms with van der Waals surface area (Å²) < 4.78 is 59.1. The maximum Gasteiger partial charge on any atom is 0.389 e. The minimum Gasteiger partial charge on any atom is -0.490 e. The van der Waals surface area contributed by atoms with Crippen molar-refractivity contribution in [3.05, 3.63) is 23.5 Å². The number of esters is 1. The van der Waals surface area contributed by atoms with Gasteiger partial charge in [0, 0.05) is 18.2 Å². The van der Waals surface area contributed by atoms with E-state index < -0.39 is 24.4 Å². The molecular formula is C13H15F4NO3. The van der Waals surface area contributed by atoms with Gasteiger partial charge in [0.2, 0.25) is 0 Å². The first-order valence-corrected chi connectivity index (χ1v) is 6.20. The van der Waals surface area contributed by atoms with Crippen LogP contribution < -0.4 is 10.5 Å². The number of anilines is 1. The van der Waals surface area contributed by atoms with Gasteiger partial charge in [-0.25, -0.2) is 9.18 Å². The smallest absolute Gasteiger partial charge is 0.389 e. The zero-order valence-electron chi connectivity index (χ0n) is 11.3. The maximum atomic E-state index is 13.6. The third-order valence-electron chi connectivity index (χ3n) is 2.46. The largest absolute Gasteiger partial charge is 0.490 e. The van der Waals surface area contributed by atoms with Gasteiger partial charge in [0.25, 0.3) is 0 Å². The Balaban J connectivity index is 2.74. The van der Waals surface area contributed by atoms with E-state index in [1.54, 1.807) is 6.92 Å². The van der Waals surface area contributed by atoms with Gasteiger partial charge in [0.05, 0.1) is 18.8 Å². The molecular weight excluding hydrogens is 294 g/mol. The molecule has 118 valence electrons. The van der Waals surface area contributed by atoms with Crippen LogP contribution in [0, 0.1) is 5.82 Å². The van der Waals surface area contributed by atoms with Crippen molar-refractivity contribution < 1.29 is 31.8 Å². The Labute approximate surface area is 118 Å². The summed E-state index contributed by atoms with van der Waals surface area (Å²) in [6.07, 6.45) is -5.64. The second-order valence-electron chi connectivity index (χ2n) is 4.16. The molecule has 8 heteroatoms. The average molecular weight is 309 g/mol. The first kappa shape index (κ1) is 17.1. The number of carbonyl (C=O) groups is 1. The SMILES string of the molecule is CCOC(=O)c1cc(OCCCC(F)(F)F)c(F)cc1N. The Morgan fingerprint density at radius 1 is 1.33 bits per heavy atom. The van der Waals surface area contributed by atoms with Crippen molar-refractivity contribution in [3.8, 4) is 5.75 Å². The lowest BCUT2D eigenvalue weighted by Gasteiger charge is -2.11. The molecule has 0 aromatic heterocycles. The summed E-state index contributed by atoms with van der Waals surface area (Å²) in [6.45, 7) is 1.37. The fourth-order valence-corrected chi connectivity index (χ4v) is 1.52. The van der Waals surface area contributed by atoms with E-state index in [0.29, 0.717) is 0 Å². The Morgan fingerprint density at radius 3 is 2.57 bits per heavy atom. The second kappa shape index (κ2) is 7.14. The van der Waals surface area contributed by atoms with E-state index >= 15 is 0 Å². The van der Waals surface area contributed by atoms with Crippen LogP contribution in [0.4, 0.5) is 23.2 Å². The fraction of sp³-hybridized carbons (Fsp3) is 0.462. The Bertz CT molecular complexity index is 503. The van der Waals surface area contributed by atoms with Crippen LogP contribution in [0.25, 0.3) is 0 Å². The molecule has 0 aliphatic rings. The fourth-order valence-electron chi connectivity index (χ4n) is 1.52. The average Bonchev–Trinajstić information content (AvgIpc) is 2.35. The molecule has 0 aliphatic heterocycles. The number of hydrogen-bond donors (Lipinski definition) is 1. The molecule has 0 radical (unpaired) electrons. The Morgan fingerprint density at radius 2 is 2.00 bits per heavy atom. The molecule has 1 aromatic rings. The van der Waals surface area contributed by atoms with E-state index in [0.717, 1.165) is 12.1 Å². The van der Waals surface area contributed by atoms with Gasteiger partial charge in [-0.05, 0) is 19.4 Å². The Hall–Kier alpha value is -1.99. The van der Waals surface area contributed by atoms with Crippen molar-refractivity contribution >= 4 is 11.7 Å². The van der Waals surface area contributed by atoms with Gasteiger partial charge in [0.1, 0.15) is 0 Å². The number of carbonyl (C=O) groups excluding carboxylic acids is 1. The number of nitrogen functional groups attached to an aromatic ring is 1. The van der Waals surface area contributed by atoms with E-state index in [2.05, 4.69) is 0 Å². The van der Waals surface area contributed by atoms with Crippen molar-refractivity contribution in [1.29, 1.82) is 0 Å². The van der Waals surface area contributed by atoms with Gasteiger partial charge in [-0.15, -0.1) is 0 Å². The van der Waals surface area contributed by atoms with Gasteiger partial charge in [-0.2, -0.15) is 13.2 Å². The summed E-state index contributed by atoms with van der Waals surface area (Å²) in [5.41, 5.74) is 5.26.